The Bertz CT molecular complexity index is 444. The van der Waals surface area contributed by atoms with Crippen molar-refractivity contribution in [3.05, 3.63) is 29.8 Å². The predicted molar refractivity (Wildman–Crippen MR) is 65.3 cm³/mol. The van der Waals surface area contributed by atoms with E-state index in [1.807, 2.05) is 0 Å². The Morgan fingerprint density at radius 2 is 2.12 bits per heavy atom. The van der Waals surface area contributed by atoms with Crippen molar-refractivity contribution in [2.45, 2.75) is 24.2 Å². The summed E-state index contributed by atoms with van der Waals surface area (Å²) in [4.78, 5) is 0.459. The van der Waals surface area contributed by atoms with Gasteiger partial charge < -0.3 is 5.73 Å². The Labute approximate surface area is 103 Å². The Hall–Kier alpha value is -1.10. The van der Waals surface area contributed by atoms with Crippen LogP contribution in [-0.2, 0) is 0 Å². The van der Waals surface area contributed by atoms with Crippen molar-refractivity contribution >= 4 is 17.6 Å². The van der Waals surface area contributed by atoms with Gasteiger partial charge in [-0.2, -0.15) is 0 Å². The van der Waals surface area contributed by atoms with Gasteiger partial charge in [-0.1, -0.05) is 0 Å². The summed E-state index contributed by atoms with van der Waals surface area (Å²) in [5.74, 6) is -0.164. The second-order valence-electron chi connectivity index (χ2n) is 4.57. The number of rotatable bonds is 5. The van der Waals surface area contributed by atoms with Crippen LogP contribution in [0.1, 0.15) is 19.3 Å². The number of halogens is 2. The fourth-order valence-electron chi connectivity index (χ4n) is 1.78. The molecule has 5 heteroatoms. The zero-order chi connectivity index (χ0) is 12.5. The fraction of sp³-hybridized carbons (Fsp3) is 0.417. The van der Waals surface area contributed by atoms with Crippen LogP contribution >= 0.6 is 11.8 Å². The van der Waals surface area contributed by atoms with E-state index in [0.717, 1.165) is 24.7 Å². The Kier molecular flexibility index (Phi) is 3.38. The number of nitrogens with two attached hydrogens (primary N) is 1. The standard InChI is InChI=1S/C12H14F2N2S/c13-8-1-2-10(9(14)5-8)17-7-12(3-4-12)6-11(15)16/h1-2,5H,3-4,6-7H2,(H3,15,16). The smallest absolute Gasteiger partial charge is 0.139 e. The minimum absolute atomic E-state index is 0.0668. The average molecular weight is 256 g/mol. The van der Waals surface area contributed by atoms with Crippen LogP contribution in [0, 0.1) is 22.5 Å². The van der Waals surface area contributed by atoms with Crippen molar-refractivity contribution in [2.24, 2.45) is 11.1 Å². The molecule has 0 unspecified atom stereocenters. The van der Waals surface area contributed by atoms with E-state index in [-0.39, 0.29) is 11.3 Å². The van der Waals surface area contributed by atoms with Gasteiger partial charge in [-0.05, 0) is 30.4 Å². The van der Waals surface area contributed by atoms with Crippen LogP contribution < -0.4 is 5.73 Å². The molecule has 3 N–H and O–H groups in total. The van der Waals surface area contributed by atoms with Gasteiger partial charge in [0.05, 0.1) is 5.84 Å². The first-order valence-electron chi connectivity index (χ1n) is 5.42. The zero-order valence-corrected chi connectivity index (χ0v) is 10.1. The lowest BCUT2D eigenvalue weighted by Crippen LogP contribution is -2.18. The maximum atomic E-state index is 13.4. The average Bonchev–Trinajstić information content (AvgIpc) is 2.96. The largest absolute Gasteiger partial charge is 0.388 e. The summed E-state index contributed by atoms with van der Waals surface area (Å²) in [7, 11) is 0. The number of nitrogens with one attached hydrogen (secondary N) is 1. The lowest BCUT2D eigenvalue weighted by atomic mass is 10.1. The summed E-state index contributed by atoms with van der Waals surface area (Å²) in [6.45, 7) is 0. The second-order valence-corrected chi connectivity index (χ2v) is 5.58. The highest BCUT2D eigenvalue weighted by atomic mass is 32.2. The lowest BCUT2D eigenvalue weighted by Gasteiger charge is -2.13. The molecule has 0 aliphatic heterocycles. The van der Waals surface area contributed by atoms with Crippen LogP contribution in [-0.4, -0.2) is 11.6 Å². The number of hydrogen-bond donors (Lipinski definition) is 2. The number of thioether (sulfide) groups is 1. The monoisotopic (exact) mass is 256 g/mol. The van der Waals surface area contributed by atoms with Gasteiger partial charge in [0.2, 0.25) is 0 Å². The van der Waals surface area contributed by atoms with Crippen molar-refractivity contribution in [1.82, 2.24) is 0 Å². The molecule has 2 nitrogen and oxygen atoms in total. The molecule has 1 aliphatic carbocycles. The maximum Gasteiger partial charge on any atom is 0.139 e. The van der Waals surface area contributed by atoms with Crippen LogP contribution in [0.5, 0.6) is 0 Å². The third kappa shape index (κ3) is 3.19. The van der Waals surface area contributed by atoms with Gasteiger partial charge >= 0.3 is 0 Å². The maximum absolute atomic E-state index is 13.4. The predicted octanol–water partition coefficient (Wildman–Crippen LogP) is 3.16. The molecule has 2 rings (SSSR count). The molecule has 0 atom stereocenters. The van der Waals surface area contributed by atoms with Crippen LogP contribution in [0.25, 0.3) is 0 Å². The summed E-state index contributed by atoms with van der Waals surface area (Å²) in [5, 5.41) is 7.29. The SMILES string of the molecule is N=C(N)CC1(CSc2ccc(F)cc2F)CC1. The van der Waals surface area contributed by atoms with Crippen molar-refractivity contribution in [1.29, 1.82) is 5.41 Å². The molecule has 1 saturated carbocycles. The summed E-state index contributed by atoms with van der Waals surface area (Å²) in [6, 6.07) is 3.61. The highest BCUT2D eigenvalue weighted by molar-refractivity contribution is 7.99. The lowest BCUT2D eigenvalue weighted by molar-refractivity contribution is 0.564. The first kappa shape index (κ1) is 12.4. The third-order valence-corrected chi connectivity index (χ3v) is 4.35. The van der Waals surface area contributed by atoms with Crippen molar-refractivity contribution in [2.75, 3.05) is 5.75 Å². The number of benzene rings is 1. The Morgan fingerprint density at radius 3 is 2.65 bits per heavy atom. The summed E-state index contributed by atoms with van der Waals surface area (Å²) in [5.41, 5.74) is 5.45. The molecule has 0 radical (unpaired) electrons. The molecule has 0 heterocycles. The summed E-state index contributed by atoms with van der Waals surface area (Å²) < 4.78 is 26.1. The van der Waals surface area contributed by atoms with E-state index in [4.69, 9.17) is 11.1 Å². The fourth-order valence-corrected chi connectivity index (χ4v) is 2.99. The van der Waals surface area contributed by atoms with Gasteiger partial charge in [0.15, 0.2) is 0 Å². The Balaban J connectivity index is 1.96. The molecule has 0 saturated heterocycles. The van der Waals surface area contributed by atoms with E-state index in [0.29, 0.717) is 11.3 Å². The minimum atomic E-state index is -0.559. The zero-order valence-electron chi connectivity index (χ0n) is 9.30. The van der Waals surface area contributed by atoms with Gasteiger partial charge in [0, 0.05) is 23.1 Å². The van der Waals surface area contributed by atoms with E-state index in [2.05, 4.69) is 0 Å². The van der Waals surface area contributed by atoms with Crippen molar-refractivity contribution in [3.8, 4) is 0 Å². The quantitative estimate of drug-likeness (QED) is 0.483. The minimum Gasteiger partial charge on any atom is -0.388 e. The summed E-state index contributed by atoms with van der Waals surface area (Å²) >= 11 is 1.37. The highest BCUT2D eigenvalue weighted by Crippen LogP contribution is 2.51. The van der Waals surface area contributed by atoms with Crippen LogP contribution in [0.2, 0.25) is 0 Å². The number of hydrogen-bond acceptors (Lipinski definition) is 2. The van der Waals surface area contributed by atoms with E-state index in [1.54, 1.807) is 0 Å². The topological polar surface area (TPSA) is 49.9 Å². The first-order valence-corrected chi connectivity index (χ1v) is 6.40. The molecule has 0 spiro atoms. The molecule has 1 aromatic carbocycles. The van der Waals surface area contributed by atoms with E-state index < -0.39 is 11.6 Å². The van der Waals surface area contributed by atoms with Gasteiger partial charge in [-0.3, -0.25) is 5.41 Å². The molecule has 92 valence electrons. The Morgan fingerprint density at radius 1 is 1.41 bits per heavy atom. The first-order chi connectivity index (χ1) is 8.01. The highest BCUT2D eigenvalue weighted by Gasteiger charge is 2.42. The van der Waals surface area contributed by atoms with E-state index >= 15 is 0 Å². The molecule has 0 bridgehead atoms. The normalized spacial score (nSPS) is 16.8. The molecular weight excluding hydrogens is 242 g/mol. The molecule has 0 amide bonds. The van der Waals surface area contributed by atoms with Crippen molar-refractivity contribution < 1.29 is 8.78 Å². The van der Waals surface area contributed by atoms with Gasteiger partial charge in [-0.25, -0.2) is 8.78 Å². The molecule has 1 fully saturated rings. The molecular formula is C12H14F2N2S. The van der Waals surface area contributed by atoms with E-state index in [9.17, 15) is 8.78 Å². The third-order valence-electron chi connectivity index (χ3n) is 2.95. The van der Waals surface area contributed by atoms with E-state index in [1.165, 1.54) is 23.9 Å². The van der Waals surface area contributed by atoms with Crippen molar-refractivity contribution in [3.63, 3.8) is 0 Å². The molecule has 1 aromatic rings. The molecule has 17 heavy (non-hydrogen) atoms. The van der Waals surface area contributed by atoms with Crippen LogP contribution in [0.3, 0.4) is 0 Å². The van der Waals surface area contributed by atoms with Crippen LogP contribution in [0.15, 0.2) is 23.1 Å². The van der Waals surface area contributed by atoms with Gasteiger partial charge in [-0.15, -0.1) is 11.8 Å². The van der Waals surface area contributed by atoms with Gasteiger partial charge in [0.25, 0.3) is 0 Å². The number of amidine groups is 1. The second kappa shape index (κ2) is 4.64. The molecule has 0 aromatic heterocycles. The summed E-state index contributed by atoms with van der Waals surface area (Å²) in [6.07, 6.45) is 2.63. The van der Waals surface area contributed by atoms with Gasteiger partial charge in [0.1, 0.15) is 11.6 Å². The molecule has 1 aliphatic rings. The van der Waals surface area contributed by atoms with Crippen LogP contribution in [0.4, 0.5) is 8.78 Å².